The molecule has 0 fully saturated rings. The van der Waals surface area contributed by atoms with Crippen LogP contribution in [0.5, 0.6) is 0 Å². The van der Waals surface area contributed by atoms with Gasteiger partial charge in [-0.3, -0.25) is 0 Å². The van der Waals surface area contributed by atoms with Gasteiger partial charge >= 0.3 is 0 Å². The monoisotopic (exact) mass is 920 g/mol. The molecule has 72 heavy (non-hydrogen) atoms. The Morgan fingerprint density at radius 1 is 0.181 bits per heavy atom. The predicted octanol–water partition coefficient (Wildman–Crippen LogP) is 18.6. The molecule has 0 radical (unpaired) electrons. The molecule has 0 unspecified atom stereocenters. The average molecular weight is 921 g/mol. The van der Waals surface area contributed by atoms with Crippen LogP contribution in [0.1, 0.15) is 0 Å². The normalized spacial score (nSPS) is 11.1. The van der Waals surface area contributed by atoms with Gasteiger partial charge in [0.2, 0.25) is 0 Å². The van der Waals surface area contributed by atoms with E-state index < -0.39 is 0 Å². The molecule has 1 aromatic heterocycles. The highest BCUT2D eigenvalue weighted by atomic mass is 15.2. The third-order valence-corrected chi connectivity index (χ3v) is 13.3. The second kappa shape index (κ2) is 19.8. The van der Waals surface area contributed by atoms with Gasteiger partial charge in [-0.1, -0.05) is 218 Å². The molecule has 0 spiro atoms. The van der Waals surface area contributed by atoms with Crippen molar-refractivity contribution in [2.75, 3.05) is 9.80 Å². The Balaban J connectivity index is 0.980. The quantitative estimate of drug-likeness (QED) is 0.122. The van der Waals surface area contributed by atoms with Crippen molar-refractivity contribution in [1.82, 2.24) is 9.97 Å². The first-order valence-corrected chi connectivity index (χ1v) is 24.4. The highest BCUT2D eigenvalue weighted by Gasteiger charge is 2.21. The summed E-state index contributed by atoms with van der Waals surface area (Å²) in [5.41, 5.74) is 20.6. The zero-order valence-corrected chi connectivity index (χ0v) is 39.5. The molecule has 0 saturated carbocycles. The number of nitrogens with zero attached hydrogens (tertiary/aromatic N) is 4. The smallest absolute Gasteiger partial charge is 0.0979 e. The number of benzene rings is 11. The van der Waals surface area contributed by atoms with Crippen molar-refractivity contribution in [3.63, 3.8) is 0 Å². The van der Waals surface area contributed by atoms with Crippen LogP contribution in [0.2, 0.25) is 0 Å². The zero-order chi connectivity index (χ0) is 48.1. The van der Waals surface area contributed by atoms with Gasteiger partial charge in [0.25, 0.3) is 0 Å². The maximum absolute atomic E-state index is 5.72. The van der Waals surface area contributed by atoms with Crippen molar-refractivity contribution >= 4 is 45.2 Å². The second-order valence-electron chi connectivity index (χ2n) is 17.8. The highest BCUT2D eigenvalue weighted by Crippen LogP contribution is 2.43. The lowest BCUT2D eigenvalue weighted by molar-refractivity contribution is 1.25. The van der Waals surface area contributed by atoms with Gasteiger partial charge in [-0.15, -0.1) is 0 Å². The predicted molar refractivity (Wildman–Crippen MR) is 302 cm³/mol. The molecular weight excluding hydrogens is 873 g/mol. The summed E-state index contributed by atoms with van der Waals surface area (Å²) in [5, 5.41) is 0. The molecule has 0 aliphatic carbocycles. The Morgan fingerprint density at radius 3 is 0.736 bits per heavy atom. The van der Waals surface area contributed by atoms with Crippen LogP contribution in [0.25, 0.3) is 78.1 Å². The number of hydrogen-bond donors (Lipinski definition) is 0. The molecular formula is C68H48N4. The highest BCUT2D eigenvalue weighted by molar-refractivity contribution is 6.03. The largest absolute Gasteiger partial charge is 0.311 e. The SMILES string of the molecule is c1ccc(-c2ccc(-c3ccc(-c4ccc(-c5ccccc5)cc4)c4nc(-c5ccc(N(c6ccccc6)c6ccc(N(c7ccccc7)c7ccccc7)cc6)cc5)c(-c5ccccc5)nc34)cc2)cc1. The summed E-state index contributed by atoms with van der Waals surface area (Å²) in [7, 11) is 0. The minimum absolute atomic E-state index is 0.816. The van der Waals surface area contributed by atoms with Gasteiger partial charge in [0, 0.05) is 56.4 Å². The number of para-hydroxylation sites is 3. The standard InChI is InChI=1S/C68H48N4/c1-7-19-49(20-8-1)51-31-35-53(36-32-51)63-47-48-64(54-37-33-52(34-38-54)50-21-9-2-10-22-50)68-67(63)69-65(55-23-11-3-12-24-55)66(70-68)56-39-41-60(42-40-56)72(59-29-17-6-18-30-59)62-45-43-61(44-46-62)71(57-25-13-4-14-26-57)58-27-15-5-16-28-58/h1-48H. The molecule has 0 atom stereocenters. The van der Waals surface area contributed by atoms with Crippen LogP contribution in [-0.4, -0.2) is 9.97 Å². The van der Waals surface area contributed by atoms with E-state index in [2.05, 4.69) is 301 Å². The Bertz CT molecular complexity index is 3680. The minimum atomic E-state index is 0.816. The van der Waals surface area contributed by atoms with Crippen LogP contribution in [-0.2, 0) is 0 Å². The molecule has 12 aromatic rings. The summed E-state index contributed by atoms with van der Waals surface area (Å²) in [5.74, 6) is 0. The zero-order valence-electron chi connectivity index (χ0n) is 39.5. The summed E-state index contributed by atoms with van der Waals surface area (Å²) in [6.07, 6.45) is 0. The summed E-state index contributed by atoms with van der Waals surface area (Å²) < 4.78 is 0. The Labute approximate surface area is 421 Å². The van der Waals surface area contributed by atoms with Gasteiger partial charge < -0.3 is 9.80 Å². The second-order valence-corrected chi connectivity index (χ2v) is 17.8. The molecule has 4 heteroatoms. The average Bonchev–Trinajstić information content (AvgIpc) is 3.47. The van der Waals surface area contributed by atoms with Gasteiger partial charge in [-0.25, -0.2) is 9.97 Å². The number of hydrogen-bond acceptors (Lipinski definition) is 4. The van der Waals surface area contributed by atoms with Crippen molar-refractivity contribution < 1.29 is 0 Å². The van der Waals surface area contributed by atoms with Crippen LogP contribution in [0, 0.1) is 0 Å². The van der Waals surface area contributed by atoms with Crippen LogP contribution in [0.4, 0.5) is 34.1 Å². The third kappa shape index (κ3) is 8.81. The maximum Gasteiger partial charge on any atom is 0.0979 e. The van der Waals surface area contributed by atoms with Gasteiger partial charge in [0.1, 0.15) is 0 Å². The number of rotatable bonds is 12. The molecule has 4 nitrogen and oxygen atoms in total. The van der Waals surface area contributed by atoms with Crippen molar-refractivity contribution in [2.24, 2.45) is 0 Å². The fourth-order valence-corrected chi connectivity index (χ4v) is 9.69. The lowest BCUT2D eigenvalue weighted by Crippen LogP contribution is -2.12. The van der Waals surface area contributed by atoms with E-state index in [4.69, 9.17) is 9.97 Å². The summed E-state index contributed by atoms with van der Waals surface area (Å²) in [6, 6.07) is 103. The van der Waals surface area contributed by atoms with E-state index in [1.165, 1.54) is 22.3 Å². The van der Waals surface area contributed by atoms with E-state index in [-0.39, 0.29) is 0 Å². The van der Waals surface area contributed by atoms with Crippen molar-refractivity contribution in [1.29, 1.82) is 0 Å². The maximum atomic E-state index is 5.72. The van der Waals surface area contributed by atoms with E-state index in [0.717, 1.165) is 89.9 Å². The number of anilines is 6. The molecule has 12 rings (SSSR count). The molecule has 0 N–H and O–H groups in total. The summed E-state index contributed by atoms with van der Waals surface area (Å²) in [4.78, 5) is 16.0. The van der Waals surface area contributed by atoms with Crippen molar-refractivity contribution in [3.05, 3.63) is 291 Å². The Morgan fingerprint density at radius 2 is 0.403 bits per heavy atom. The minimum Gasteiger partial charge on any atom is -0.311 e. The summed E-state index contributed by atoms with van der Waals surface area (Å²) in [6.45, 7) is 0. The van der Waals surface area contributed by atoms with Crippen molar-refractivity contribution in [2.45, 2.75) is 0 Å². The van der Waals surface area contributed by atoms with Crippen LogP contribution in [0.15, 0.2) is 291 Å². The topological polar surface area (TPSA) is 32.3 Å². The molecule has 1 heterocycles. The lowest BCUT2D eigenvalue weighted by atomic mass is 9.94. The first-order chi connectivity index (χ1) is 35.7. The van der Waals surface area contributed by atoms with Crippen LogP contribution < -0.4 is 9.80 Å². The fourth-order valence-electron chi connectivity index (χ4n) is 9.69. The van der Waals surface area contributed by atoms with Crippen molar-refractivity contribution in [3.8, 4) is 67.0 Å². The molecule has 0 bridgehead atoms. The van der Waals surface area contributed by atoms with Crippen LogP contribution in [0.3, 0.4) is 0 Å². The lowest BCUT2D eigenvalue weighted by Gasteiger charge is -2.28. The molecule has 0 aliphatic rings. The van der Waals surface area contributed by atoms with Gasteiger partial charge in [0.05, 0.1) is 22.4 Å². The Kier molecular flexibility index (Phi) is 12.0. The molecule has 340 valence electrons. The van der Waals surface area contributed by atoms with E-state index in [0.29, 0.717) is 0 Å². The summed E-state index contributed by atoms with van der Waals surface area (Å²) >= 11 is 0. The number of fused-ring (bicyclic) bond motifs is 1. The van der Waals surface area contributed by atoms with Gasteiger partial charge in [0.15, 0.2) is 0 Å². The van der Waals surface area contributed by atoms with Gasteiger partial charge in [-0.05, 0) is 106 Å². The third-order valence-electron chi connectivity index (χ3n) is 13.3. The van der Waals surface area contributed by atoms with E-state index in [1.54, 1.807) is 0 Å². The molecule has 0 amide bonds. The Hall–Kier alpha value is -9.64. The molecule has 11 aromatic carbocycles. The van der Waals surface area contributed by atoms with Gasteiger partial charge in [-0.2, -0.15) is 0 Å². The van der Waals surface area contributed by atoms with Crippen LogP contribution >= 0.6 is 0 Å². The first-order valence-electron chi connectivity index (χ1n) is 24.4. The van der Waals surface area contributed by atoms with E-state index in [9.17, 15) is 0 Å². The van der Waals surface area contributed by atoms with E-state index >= 15 is 0 Å². The number of aromatic nitrogens is 2. The fraction of sp³-hybridized carbons (Fsp3) is 0. The molecule has 0 saturated heterocycles. The van der Waals surface area contributed by atoms with E-state index in [1.807, 2.05) is 0 Å². The first kappa shape index (κ1) is 43.6. The molecule has 0 aliphatic heterocycles.